The average Bonchev–Trinajstić information content (AvgIpc) is 2.83. The topological polar surface area (TPSA) is 89.5 Å². The van der Waals surface area contributed by atoms with E-state index in [1.54, 1.807) is 12.1 Å². The second-order valence-electron chi connectivity index (χ2n) is 5.75. The van der Waals surface area contributed by atoms with Crippen molar-refractivity contribution >= 4 is 19.7 Å². The molecule has 1 N–H and O–H groups in total. The third kappa shape index (κ3) is 4.24. The van der Waals surface area contributed by atoms with E-state index < -0.39 is 31.0 Å². The second-order valence-corrected chi connectivity index (χ2v) is 10.1. The Kier molecular flexibility index (Phi) is 5.70. The predicted octanol–water partition coefficient (Wildman–Crippen LogP) is 1.02. The van der Waals surface area contributed by atoms with Gasteiger partial charge in [0.05, 0.1) is 28.8 Å². The third-order valence-electron chi connectivity index (χ3n) is 4.02. The van der Waals surface area contributed by atoms with Crippen LogP contribution in [0.15, 0.2) is 29.2 Å². The Balaban J connectivity index is 2.27. The van der Waals surface area contributed by atoms with E-state index in [-0.39, 0.29) is 16.4 Å². The number of hydrogen-bond donors (Lipinski definition) is 1. The summed E-state index contributed by atoms with van der Waals surface area (Å²) in [7, 11) is -5.57. The van der Waals surface area contributed by atoms with Gasteiger partial charge in [-0.15, -0.1) is 0 Å². The fourth-order valence-corrected chi connectivity index (χ4v) is 7.43. The van der Waals surface area contributed by atoms with Crippen molar-refractivity contribution < 1.29 is 21.6 Å². The Bertz CT molecular complexity index is 726. The Labute approximate surface area is 138 Å². The molecule has 0 amide bonds. The molecular formula is C15H23NO5S2. The zero-order valence-corrected chi connectivity index (χ0v) is 15.0. The first-order valence-electron chi connectivity index (χ1n) is 7.62. The van der Waals surface area contributed by atoms with Crippen LogP contribution in [0.3, 0.4) is 0 Å². The summed E-state index contributed by atoms with van der Waals surface area (Å²) in [5.74, 6) is 0.0997. The lowest BCUT2D eigenvalue weighted by Gasteiger charge is -2.20. The summed E-state index contributed by atoms with van der Waals surface area (Å²) >= 11 is 0. The highest BCUT2D eigenvalue weighted by Crippen LogP contribution is 2.27. The highest BCUT2D eigenvalue weighted by Gasteiger charge is 2.45. The molecule has 1 saturated heterocycles. The van der Waals surface area contributed by atoms with E-state index in [0.717, 1.165) is 12.8 Å². The molecule has 8 heteroatoms. The SMILES string of the molecule is CCCCN[C@H]1CS(=O)(=O)C[C@@H]1S(=O)(=O)c1ccc(OC)cc1. The van der Waals surface area contributed by atoms with Gasteiger partial charge in [0.25, 0.3) is 0 Å². The largest absolute Gasteiger partial charge is 0.497 e. The van der Waals surface area contributed by atoms with Gasteiger partial charge in [0, 0.05) is 6.04 Å². The van der Waals surface area contributed by atoms with Gasteiger partial charge in [-0.25, -0.2) is 16.8 Å². The number of hydrogen-bond acceptors (Lipinski definition) is 6. The lowest BCUT2D eigenvalue weighted by molar-refractivity contribution is 0.414. The van der Waals surface area contributed by atoms with Crippen LogP contribution in [0.5, 0.6) is 5.75 Å². The van der Waals surface area contributed by atoms with Crippen LogP contribution in [-0.2, 0) is 19.7 Å². The molecule has 2 atom stereocenters. The predicted molar refractivity (Wildman–Crippen MR) is 89.3 cm³/mol. The van der Waals surface area contributed by atoms with Crippen molar-refractivity contribution in [3.63, 3.8) is 0 Å². The van der Waals surface area contributed by atoms with E-state index in [2.05, 4.69) is 5.32 Å². The molecule has 1 fully saturated rings. The van der Waals surface area contributed by atoms with Crippen molar-refractivity contribution in [1.29, 1.82) is 0 Å². The molecule has 0 spiro atoms. The van der Waals surface area contributed by atoms with E-state index in [1.165, 1.54) is 19.2 Å². The third-order valence-corrected chi connectivity index (χ3v) is 8.19. The number of nitrogens with one attached hydrogen (secondary N) is 1. The summed E-state index contributed by atoms with van der Waals surface area (Å²) in [5.41, 5.74) is 0. The molecule has 0 saturated carbocycles. The lowest BCUT2D eigenvalue weighted by Crippen LogP contribution is -2.43. The van der Waals surface area contributed by atoms with E-state index >= 15 is 0 Å². The van der Waals surface area contributed by atoms with Gasteiger partial charge in [0.1, 0.15) is 5.75 Å². The first-order chi connectivity index (χ1) is 10.8. The smallest absolute Gasteiger partial charge is 0.183 e. The molecule has 0 aromatic heterocycles. The molecule has 2 rings (SSSR count). The van der Waals surface area contributed by atoms with E-state index in [1.807, 2.05) is 6.92 Å². The molecule has 0 unspecified atom stereocenters. The molecular weight excluding hydrogens is 338 g/mol. The molecule has 1 heterocycles. The zero-order chi connectivity index (χ0) is 17.1. The van der Waals surface area contributed by atoms with Gasteiger partial charge in [0.2, 0.25) is 0 Å². The minimum Gasteiger partial charge on any atom is -0.497 e. The van der Waals surface area contributed by atoms with Gasteiger partial charge in [-0.1, -0.05) is 13.3 Å². The molecule has 0 bridgehead atoms. The Morgan fingerprint density at radius 3 is 2.43 bits per heavy atom. The minimum absolute atomic E-state index is 0.127. The van der Waals surface area contributed by atoms with Gasteiger partial charge in [-0.2, -0.15) is 0 Å². The van der Waals surface area contributed by atoms with Crippen LogP contribution in [0.1, 0.15) is 19.8 Å². The van der Waals surface area contributed by atoms with Crippen molar-refractivity contribution in [2.75, 3.05) is 25.2 Å². The van der Waals surface area contributed by atoms with Crippen molar-refractivity contribution in [2.45, 2.75) is 36.0 Å². The summed E-state index contributed by atoms with van der Waals surface area (Å²) in [4.78, 5) is 0.127. The van der Waals surface area contributed by atoms with Gasteiger partial charge in [-0.05, 0) is 37.2 Å². The molecule has 23 heavy (non-hydrogen) atoms. The van der Waals surface area contributed by atoms with E-state index in [0.29, 0.717) is 12.3 Å². The van der Waals surface area contributed by atoms with Crippen molar-refractivity contribution in [3.8, 4) is 5.75 Å². The molecule has 0 aliphatic carbocycles. The Hall–Kier alpha value is -1.12. The van der Waals surface area contributed by atoms with E-state index in [4.69, 9.17) is 4.74 Å². The summed E-state index contributed by atoms with van der Waals surface area (Å²) < 4.78 is 54.5. The molecule has 0 radical (unpaired) electrons. The van der Waals surface area contributed by atoms with Crippen LogP contribution in [0.2, 0.25) is 0 Å². The summed E-state index contributed by atoms with van der Waals surface area (Å²) in [6.07, 6.45) is 1.84. The highest BCUT2D eigenvalue weighted by atomic mass is 32.2. The second kappa shape index (κ2) is 7.19. The van der Waals surface area contributed by atoms with Gasteiger partial charge in [0.15, 0.2) is 19.7 Å². The number of methoxy groups -OCH3 is 1. The fraction of sp³-hybridized carbons (Fsp3) is 0.600. The summed E-state index contributed by atoms with van der Waals surface area (Å²) in [6, 6.07) is 5.49. The van der Waals surface area contributed by atoms with Crippen LogP contribution >= 0.6 is 0 Å². The summed E-state index contributed by atoms with van der Waals surface area (Å²) in [5, 5.41) is 2.16. The normalized spacial score (nSPS) is 23.7. The van der Waals surface area contributed by atoms with Gasteiger partial charge in [-0.3, -0.25) is 0 Å². The Morgan fingerprint density at radius 1 is 1.22 bits per heavy atom. The minimum atomic E-state index is -3.72. The molecule has 1 aliphatic heterocycles. The van der Waals surface area contributed by atoms with Gasteiger partial charge < -0.3 is 10.1 Å². The quantitative estimate of drug-likeness (QED) is 0.730. The number of rotatable bonds is 7. The lowest BCUT2D eigenvalue weighted by atomic mass is 10.2. The van der Waals surface area contributed by atoms with Crippen LogP contribution in [0, 0.1) is 0 Å². The fourth-order valence-electron chi connectivity index (χ4n) is 2.72. The maximum Gasteiger partial charge on any atom is 0.183 e. The maximum absolute atomic E-state index is 12.8. The van der Waals surface area contributed by atoms with Gasteiger partial charge >= 0.3 is 0 Å². The molecule has 130 valence electrons. The van der Waals surface area contributed by atoms with Crippen molar-refractivity contribution in [2.24, 2.45) is 0 Å². The monoisotopic (exact) mass is 361 g/mol. The number of ether oxygens (including phenoxy) is 1. The zero-order valence-electron chi connectivity index (χ0n) is 13.4. The maximum atomic E-state index is 12.8. The van der Waals surface area contributed by atoms with Crippen LogP contribution in [0.25, 0.3) is 0 Å². The molecule has 1 aromatic rings. The number of unbranched alkanes of at least 4 members (excludes halogenated alkanes) is 1. The van der Waals surface area contributed by atoms with Crippen molar-refractivity contribution in [3.05, 3.63) is 24.3 Å². The molecule has 1 aromatic carbocycles. The first kappa shape index (κ1) is 18.2. The summed E-state index contributed by atoms with van der Waals surface area (Å²) in [6.45, 7) is 2.64. The van der Waals surface area contributed by atoms with Crippen LogP contribution in [0.4, 0.5) is 0 Å². The number of sulfone groups is 2. The average molecular weight is 361 g/mol. The standard InChI is InChI=1S/C15H23NO5S2/c1-3-4-9-16-14-10-22(17,18)11-15(14)23(19,20)13-7-5-12(21-2)6-8-13/h5-8,14-16H,3-4,9-11H2,1-2H3/t14-,15-/m0/s1. The molecule has 1 aliphatic rings. The first-order valence-corrected chi connectivity index (χ1v) is 11.0. The van der Waals surface area contributed by atoms with Crippen molar-refractivity contribution in [1.82, 2.24) is 5.32 Å². The number of benzene rings is 1. The molecule has 6 nitrogen and oxygen atoms in total. The Morgan fingerprint density at radius 2 is 1.87 bits per heavy atom. The van der Waals surface area contributed by atoms with Crippen LogP contribution in [-0.4, -0.2) is 53.3 Å². The van der Waals surface area contributed by atoms with Crippen LogP contribution < -0.4 is 10.1 Å². The highest BCUT2D eigenvalue weighted by molar-refractivity contribution is 7.96. The van der Waals surface area contributed by atoms with E-state index in [9.17, 15) is 16.8 Å².